The van der Waals surface area contributed by atoms with Crippen molar-refractivity contribution in [2.75, 3.05) is 7.05 Å². The SMILES string of the molecule is CNC(Cc1cccc(C)c1)c1cn(C)cn1. The molecule has 0 aliphatic heterocycles. The highest BCUT2D eigenvalue weighted by atomic mass is 15.0. The Kier molecular flexibility index (Phi) is 3.59. The van der Waals surface area contributed by atoms with Crippen LogP contribution in [-0.2, 0) is 13.5 Å². The summed E-state index contributed by atoms with van der Waals surface area (Å²) in [6, 6.07) is 8.90. The van der Waals surface area contributed by atoms with Gasteiger partial charge in [-0.2, -0.15) is 0 Å². The molecule has 0 fully saturated rings. The normalized spacial score (nSPS) is 12.6. The van der Waals surface area contributed by atoms with Crippen LogP contribution in [-0.4, -0.2) is 16.6 Å². The standard InChI is InChI=1S/C14H19N3/c1-11-5-4-6-12(7-11)8-13(15-2)14-9-17(3)10-16-14/h4-7,9-10,13,15H,8H2,1-3H3. The Hall–Kier alpha value is -1.61. The van der Waals surface area contributed by atoms with Crippen molar-refractivity contribution >= 4 is 0 Å². The quantitative estimate of drug-likeness (QED) is 0.871. The average Bonchev–Trinajstić information content (AvgIpc) is 2.73. The predicted molar refractivity (Wildman–Crippen MR) is 69.9 cm³/mol. The molecule has 0 aliphatic rings. The highest BCUT2D eigenvalue weighted by Gasteiger charge is 2.12. The van der Waals surface area contributed by atoms with Crippen LogP contribution < -0.4 is 5.32 Å². The van der Waals surface area contributed by atoms with Gasteiger partial charge in [0.05, 0.1) is 18.1 Å². The van der Waals surface area contributed by atoms with Crippen LogP contribution in [0.2, 0.25) is 0 Å². The van der Waals surface area contributed by atoms with Gasteiger partial charge in [-0.3, -0.25) is 0 Å². The summed E-state index contributed by atoms with van der Waals surface area (Å²) in [6.45, 7) is 2.12. The molecule has 2 aromatic rings. The van der Waals surface area contributed by atoms with Crippen molar-refractivity contribution in [2.24, 2.45) is 7.05 Å². The minimum Gasteiger partial charge on any atom is -0.340 e. The van der Waals surface area contributed by atoms with Gasteiger partial charge in [-0.25, -0.2) is 4.98 Å². The number of likely N-dealkylation sites (N-methyl/N-ethyl adjacent to an activating group) is 1. The largest absolute Gasteiger partial charge is 0.340 e. The van der Waals surface area contributed by atoms with Crippen molar-refractivity contribution in [2.45, 2.75) is 19.4 Å². The Bertz CT molecular complexity index is 488. The van der Waals surface area contributed by atoms with E-state index in [1.165, 1.54) is 11.1 Å². The van der Waals surface area contributed by atoms with E-state index in [0.717, 1.165) is 12.1 Å². The van der Waals surface area contributed by atoms with E-state index in [4.69, 9.17) is 0 Å². The monoisotopic (exact) mass is 229 g/mol. The second-order valence-electron chi connectivity index (χ2n) is 4.50. The van der Waals surface area contributed by atoms with E-state index < -0.39 is 0 Å². The number of benzene rings is 1. The van der Waals surface area contributed by atoms with E-state index in [1.54, 1.807) is 0 Å². The Morgan fingerprint density at radius 3 is 2.82 bits per heavy atom. The summed E-state index contributed by atoms with van der Waals surface area (Å²) in [4.78, 5) is 4.41. The molecule has 0 saturated carbocycles. The number of hydrogen-bond acceptors (Lipinski definition) is 2. The fourth-order valence-corrected chi connectivity index (χ4v) is 2.04. The van der Waals surface area contributed by atoms with Crippen molar-refractivity contribution in [1.82, 2.24) is 14.9 Å². The maximum atomic E-state index is 4.41. The molecular formula is C14H19N3. The van der Waals surface area contributed by atoms with Crippen LogP contribution in [0.25, 0.3) is 0 Å². The number of rotatable bonds is 4. The van der Waals surface area contributed by atoms with Crippen LogP contribution in [0.15, 0.2) is 36.8 Å². The summed E-state index contributed by atoms with van der Waals surface area (Å²) in [5.41, 5.74) is 3.74. The first-order chi connectivity index (χ1) is 8.19. The van der Waals surface area contributed by atoms with Crippen molar-refractivity contribution in [3.63, 3.8) is 0 Å². The third-order valence-electron chi connectivity index (χ3n) is 2.95. The van der Waals surface area contributed by atoms with Crippen molar-refractivity contribution in [3.05, 3.63) is 53.6 Å². The third-order valence-corrected chi connectivity index (χ3v) is 2.95. The molecular weight excluding hydrogens is 210 g/mol. The summed E-state index contributed by atoms with van der Waals surface area (Å²) in [6.07, 6.45) is 4.88. The van der Waals surface area contributed by atoms with Crippen LogP contribution >= 0.6 is 0 Å². The summed E-state index contributed by atoms with van der Waals surface area (Å²) >= 11 is 0. The van der Waals surface area contributed by atoms with Gasteiger partial charge in [-0.15, -0.1) is 0 Å². The van der Waals surface area contributed by atoms with Gasteiger partial charge in [0, 0.05) is 13.2 Å². The Labute approximate surface area is 103 Å². The first-order valence-electron chi connectivity index (χ1n) is 5.89. The number of imidazole rings is 1. The van der Waals surface area contributed by atoms with Crippen LogP contribution in [0.1, 0.15) is 22.9 Å². The fourth-order valence-electron chi connectivity index (χ4n) is 2.04. The van der Waals surface area contributed by atoms with Crippen LogP contribution in [0.3, 0.4) is 0 Å². The van der Waals surface area contributed by atoms with Gasteiger partial charge >= 0.3 is 0 Å². The van der Waals surface area contributed by atoms with Crippen molar-refractivity contribution < 1.29 is 0 Å². The number of nitrogens with one attached hydrogen (secondary N) is 1. The van der Waals surface area contributed by atoms with Gasteiger partial charge < -0.3 is 9.88 Å². The predicted octanol–water partition coefficient (Wildman–Crippen LogP) is 2.23. The van der Waals surface area contributed by atoms with Gasteiger partial charge in [0.15, 0.2) is 0 Å². The number of aromatic nitrogens is 2. The number of aryl methyl sites for hydroxylation is 2. The van der Waals surface area contributed by atoms with Crippen LogP contribution in [0.5, 0.6) is 0 Å². The second-order valence-corrected chi connectivity index (χ2v) is 4.50. The first kappa shape index (κ1) is 11.9. The number of hydrogen-bond donors (Lipinski definition) is 1. The molecule has 0 spiro atoms. The molecule has 90 valence electrons. The Morgan fingerprint density at radius 2 is 2.24 bits per heavy atom. The van der Waals surface area contributed by atoms with Crippen LogP contribution in [0, 0.1) is 6.92 Å². The van der Waals surface area contributed by atoms with Gasteiger partial charge in [-0.1, -0.05) is 29.8 Å². The first-order valence-corrected chi connectivity index (χ1v) is 5.89. The maximum Gasteiger partial charge on any atom is 0.0947 e. The van der Waals surface area contributed by atoms with Gasteiger partial charge in [0.2, 0.25) is 0 Å². The molecule has 1 atom stereocenters. The van der Waals surface area contributed by atoms with Crippen molar-refractivity contribution in [1.29, 1.82) is 0 Å². The van der Waals surface area contributed by atoms with Crippen molar-refractivity contribution in [3.8, 4) is 0 Å². The topological polar surface area (TPSA) is 29.9 Å². The minimum atomic E-state index is 0.276. The molecule has 0 aliphatic carbocycles. The van der Waals surface area contributed by atoms with Gasteiger partial charge in [0.1, 0.15) is 0 Å². The fraction of sp³-hybridized carbons (Fsp3) is 0.357. The molecule has 0 radical (unpaired) electrons. The molecule has 1 N–H and O–H groups in total. The van der Waals surface area contributed by atoms with E-state index in [9.17, 15) is 0 Å². The molecule has 0 saturated heterocycles. The molecule has 2 rings (SSSR count). The molecule has 1 aromatic carbocycles. The molecule has 0 bridgehead atoms. The van der Waals surface area contributed by atoms with E-state index in [-0.39, 0.29) is 6.04 Å². The minimum absolute atomic E-state index is 0.276. The zero-order valence-corrected chi connectivity index (χ0v) is 10.6. The van der Waals surface area contributed by atoms with E-state index in [1.807, 2.05) is 25.0 Å². The smallest absolute Gasteiger partial charge is 0.0947 e. The highest BCUT2D eigenvalue weighted by Crippen LogP contribution is 2.16. The van der Waals surface area contributed by atoms with Gasteiger partial charge in [-0.05, 0) is 26.0 Å². The number of nitrogens with zero attached hydrogens (tertiary/aromatic N) is 2. The van der Waals surface area contributed by atoms with E-state index in [2.05, 4.69) is 47.7 Å². The third kappa shape index (κ3) is 2.94. The Balaban J connectivity index is 2.15. The summed E-state index contributed by atoms with van der Waals surface area (Å²) in [7, 11) is 3.98. The summed E-state index contributed by atoms with van der Waals surface area (Å²) in [5, 5.41) is 3.32. The summed E-state index contributed by atoms with van der Waals surface area (Å²) < 4.78 is 1.98. The average molecular weight is 229 g/mol. The molecule has 1 aromatic heterocycles. The zero-order valence-electron chi connectivity index (χ0n) is 10.6. The highest BCUT2D eigenvalue weighted by molar-refractivity contribution is 5.24. The molecule has 3 heteroatoms. The lowest BCUT2D eigenvalue weighted by Gasteiger charge is -2.14. The molecule has 1 heterocycles. The molecule has 3 nitrogen and oxygen atoms in total. The molecule has 0 amide bonds. The maximum absolute atomic E-state index is 4.41. The van der Waals surface area contributed by atoms with E-state index >= 15 is 0 Å². The van der Waals surface area contributed by atoms with Crippen LogP contribution in [0.4, 0.5) is 0 Å². The lowest BCUT2D eigenvalue weighted by atomic mass is 10.0. The molecule has 1 unspecified atom stereocenters. The Morgan fingerprint density at radius 1 is 1.41 bits per heavy atom. The lowest BCUT2D eigenvalue weighted by Crippen LogP contribution is -2.19. The van der Waals surface area contributed by atoms with E-state index in [0.29, 0.717) is 0 Å². The lowest BCUT2D eigenvalue weighted by molar-refractivity contribution is 0.578. The van der Waals surface area contributed by atoms with Gasteiger partial charge in [0.25, 0.3) is 0 Å². The molecule has 17 heavy (non-hydrogen) atoms. The summed E-state index contributed by atoms with van der Waals surface area (Å²) in [5.74, 6) is 0. The zero-order chi connectivity index (χ0) is 12.3. The second kappa shape index (κ2) is 5.15.